The van der Waals surface area contributed by atoms with E-state index >= 15 is 0 Å². The van der Waals surface area contributed by atoms with E-state index in [0.717, 1.165) is 11.1 Å². The van der Waals surface area contributed by atoms with Crippen molar-refractivity contribution >= 4 is 11.5 Å². The summed E-state index contributed by atoms with van der Waals surface area (Å²) in [7, 11) is 0. The van der Waals surface area contributed by atoms with Gasteiger partial charge in [0, 0.05) is 31.0 Å². The molecule has 2 aromatic rings. The lowest BCUT2D eigenvalue weighted by Crippen LogP contribution is -2.10. The van der Waals surface area contributed by atoms with Gasteiger partial charge in [-0.05, 0) is 17.2 Å². The Morgan fingerprint density at radius 2 is 1.89 bits per heavy atom. The Labute approximate surface area is 106 Å². The fraction of sp³-hybridized carbons (Fsp3) is 0.143. The van der Waals surface area contributed by atoms with Crippen molar-refractivity contribution in [2.45, 2.75) is 13.0 Å². The van der Waals surface area contributed by atoms with Gasteiger partial charge in [-0.1, -0.05) is 24.3 Å². The molecule has 4 nitrogen and oxygen atoms in total. The number of anilines is 1. The molecule has 4 heteroatoms. The van der Waals surface area contributed by atoms with Gasteiger partial charge in [0.15, 0.2) is 5.78 Å². The molecule has 0 saturated heterocycles. The number of Topliss-reactive ketones (excluding diaryl/α,β-unsaturated/α-hetero) is 1. The maximum absolute atomic E-state index is 12.1. The second kappa shape index (κ2) is 5.42. The highest BCUT2D eigenvalue weighted by Crippen LogP contribution is 2.15. The quantitative estimate of drug-likeness (QED) is 0.796. The topological polar surface area (TPSA) is 82.0 Å². The van der Waals surface area contributed by atoms with Crippen LogP contribution in [0.1, 0.15) is 21.5 Å². The van der Waals surface area contributed by atoms with E-state index in [-0.39, 0.29) is 5.78 Å². The van der Waals surface area contributed by atoms with Gasteiger partial charge >= 0.3 is 0 Å². The summed E-state index contributed by atoms with van der Waals surface area (Å²) in [6.45, 7) is 0.423. The minimum absolute atomic E-state index is 0.0403. The summed E-state index contributed by atoms with van der Waals surface area (Å²) in [5, 5.41) is 0. The molecule has 0 unspecified atom stereocenters. The lowest BCUT2D eigenvalue weighted by molar-refractivity contribution is 0.0993. The number of hydrogen-bond acceptors (Lipinski definition) is 4. The standard InChI is InChI=1S/C14H15N3O/c15-8-11-4-2-1-3-10(11)7-14(18)12-9-17-6-5-13(12)16/h1-6,9H,7-8,15H2,(H2,16,17). The van der Waals surface area contributed by atoms with Gasteiger partial charge in [0.25, 0.3) is 0 Å². The fourth-order valence-corrected chi connectivity index (χ4v) is 1.84. The van der Waals surface area contributed by atoms with Gasteiger partial charge in [-0.25, -0.2) is 0 Å². The number of pyridine rings is 1. The van der Waals surface area contributed by atoms with Crippen molar-refractivity contribution < 1.29 is 4.79 Å². The zero-order chi connectivity index (χ0) is 13.0. The molecule has 1 aromatic heterocycles. The Morgan fingerprint density at radius 1 is 1.17 bits per heavy atom. The highest BCUT2D eigenvalue weighted by atomic mass is 16.1. The van der Waals surface area contributed by atoms with Gasteiger partial charge in [-0.2, -0.15) is 0 Å². The zero-order valence-electron chi connectivity index (χ0n) is 9.97. The summed E-state index contributed by atoms with van der Waals surface area (Å²) >= 11 is 0. The molecule has 0 spiro atoms. The van der Waals surface area contributed by atoms with E-state index in [4.69, 9.17) is 11.5 Å². The average Bonchev–Trinajstić information content (AvgIpc) is 2.39. The maximum atomic E-state index is 12.1. The Hall–Kier alpha value is -2.20. The first-order valence-electron chi connectivity index (χ1n) is 5.72. The molecule has 0 aliphatic carbocycles. The minimum Gasteiger partial charge on any atom is -0.398 e. The number of hydrogen-bond donors (Lipinski definition) is 2. The SMILES string of the molecule is NCc1ccccc1CC(=O)c1cnccc1N. The summed E-state index contributed by atoms with van der Waals surface area (Å²) in [6, 6.07) is 9.27. The summed E-state index contributed by atoms with van der Waals surface area (Å²) in [5.41, 5.74) is 14.2. The smallest absolute Gasteiger partial charge is 0.170 e. The first kappa shape index (κ1) is 12.3. The molecular formula is C14H15N3O. The van der Waals surface area contributed by atoms with Crippen molar-refractivity contribution in [2.24, 2.45) is 5.73 Å². The van der Waals surface area contributed by atoms with E-state index in [1.54, 1.807) is 12.3 Å². The third-order valence-corrected chi connectivity index (χ3v) is 2.84. The van der Waals surface area contributed by atoms with Crippen LogP contribution in [0.2, 0.25) is 0 Å². The zero-order valence-corrected chi connectivity index (χ0v) is 9.97. The molecule has 0 saturated carbocycles. The van der Waals surface area contributed by atoms with Crippen molar-refractivity contribution in [3.05, 3.63) is 59.4 Å². The molecule has 4 N–H and O–H groups in total. The van der Waals surface area contributed by atoms with Gasteiger partial charge < -0.3 is 11.5 Å². The number of carbonyl (C=O) groups excluding carboxylic acids is 1. The van der Waals surface area contributed by atoms with Gasteiger partial charge in [0.05, 0.1) is 5.56 Å². The van der Waals surface area contributed by atoms with Gasteiger partial charge in [-0.3, -0.25) is 9.78 Å². The highest BCUT2D eigenvalue weighted by Gasteiger charge is 2.12. The molecule has 2 rings (SSSR count). The van der Waals surface area contributed by atoms with Gasteiger partial charge in [-0.15, -0.1) is 0 Å². The lowest BCUT2D eigenvalue weighted by atomic mass is 9.99. The first-order valence-corrected chi connectivity index (χ1v) is 5.72. The van der Waals surface area contributed by atoms with Crippen LogP contribution in [0.4, 0.5) is 5.69 Å². The van der Waals surface area contributed by atoms with Crippen LogP contribution in [-0.2, 0) is 13.0 Å². The Kier molecular flexibility index (Phi) is 3.69. The molecule has 0 atom stereocenters. The molecule has 1 aromatic carbocycles. The highest BCUT2D eigenvalue weighted by molar-refractivity contribution is 6.01. The maximum Gasteiger partial charge on any atom is 0.170 e. The molecule has 0 bridgehead atoms. The summed E-state index contributed by atoms with van der Waals surface area (Å²) < 4.78 is 0. The summed E-state index contributed by atoms with van der Waals surface area (Å²) in [4.78, 5) is 16.1. The predicted octanol–water partition coefficient (Wildman–Crippen LogP) is 1.55. The van der Waals surface area contributed by atoms with Crippen molar-refractivity contribution in [1.82, 2.24) is 4.98 Å². The largest absolute Gasteiger partial charge is 0.398 e. The molecule has 0 fully saturated rings. The second-order valence-corrected chi connectivity index (χ2v) is 4.04. The number of ketones is 1. The van der Waals surface area contributed by atoms with Crippen LogP contribution in [0.15, 0.2) is 42.7 Å². The van der Waals surface area contributed by atoms with Crippen LogP contribution in [0.25, 0.3) is 0 Å². The Balaban J connectivity index is 2.24. The number of benzene rings is 1. The van der Waals surface area contributed by atoms with Crippen molar-refractivity contribution in [2.75, 3.05) is 5.73 Å². The third-order valence-electron chi connectivity index (χ3n) is 2.84. The molecule has 18 heavy (non-hydrogen) atoms. The summed E-state index contributed by atoms with van der Waals surface area (Å²) in [5.74, 6) is -0.0403. The van der Waals surface area contributed by atoms with Crippen molar-refractivity contribution in [3.63, 3.8) is 0 Å². The molecule has 0 aliphatic heterocycles. The average molecular weight is 241 g/mol. The molecule has 1 heterocycles. The molecule has 0 radical (unpaired) electrons. The van der Waals surface area contributed by atoms with E-state index in [0.29, 0.717) is 24.2 Å². The number of aromatic nitrogens is 1. The number of nitrogens with two attached hydrogens (primary N) is 2. The van der Waals surface area contributed by atoms with Crippen LogP contribution >= 0.6 is 0 Å². The first-order chi connectivity index (χ1) is 8.72. The van der Waals surface area contributed by atoms with Gasteiger partial charge in [0.1, 0.15) is 0 Å². The van der Waals surface area contributed by atoms with Crippen LogP contribution in [0, 0.1) is 0 Å². The van der Waals surface area contributed by atoms with Gasteiger partial charge in [0.2, 0.25) is 0 Å². The fourth-order valence-electron chi connectivity index (χ4n) is 1.84. The van der Waals surface area contributed by atoms with Crippen LogP contribution in [0.5, 0.6) is 0 Å². The number of rotatable bonds is 4. The van der Waals surface area contributed by atoms with E-state index in [9.17, 15) is 4.79 Å². The van der Waals surface area contributed by atoms with E-state index in [2.05, 4.69) is 4.98 Å². The Morgan fingerprint density at radius 3 is 2.56 bits per heavy atom. The molecule has 0 amide bonds. The number of nitrogens with zero attached hydrogens (tertiary/aromatic N) is 1. The van der Waals surface area contributed by atoms with E-state index < -0.39 is 0 Å². The summed E-state index contributed by atoms with van der Waals surface area (Å²) in [6.07, 6.45) is 3.37. The minimum atomic E-state index is -0.0403. The Bertz CT molecular complexity index is 566. The third kappa shape index (κ3) is 2.55. The molecule has 92 valence electrons. The predicted molar refractivity (Wildman–Crippen MR) is 71.0 cm³/mol. The second-order valence-electron chi connectivity index (χ2n) is 4.04. The molecule has 0 aliphatic rings. The number of carbonyl (C=O) groups is 1. The van der Waals surface area contributed by atoms with Crippen molar-refractivity contribution in [3.8, 4) is 0 Å². The van der Waals surface area contributed by atoms with Crippen molar-refractivity contribution in [1.29, 1.82) is 0 Å². The van der Waals surface area contributed by atoms with Crippen LogP contribution in [0.3, 0.4) is 0 Å². The lowest BCUT2D eigenvalue weighted by Gasteiger charge is -2.07. The van der Waals surface area contributed by atoms with E-state index in [1.165, 1.54) is 6.20 Å². The van der Waals surface area contributed by atoms with E-state index in [1.807, 2.05) is 24.3 Å². The normalized spacial score (nSPS) is 10.3. The van der Waals surface area contributed by atoms with Crippen LogP contribution in [-0.4, -0.2) is 10.8 Å². The number of nitrogen functional groups attached to an aromatic ring is 1. The monoisotopic (exact) mass is 241 g/mol. The van der Waals surface area contributed by atoms with Crippen LogP contribution < -0.4 is 11.5 Å². The molecular weight excluding hydrogens is 226 g/mol.